The van der Waals surface area contributed by atoms with Crippen LogP contribution in [0.3, 0.4) is 0 Å². The van der Waals surface area contributed by atoms with E-state index < -0.39 is 0 Å². The summed E-state index contributed by atoms with van der Waals surface area (Å²) >= 11 is 0. The summed E-state index contributed by atoms with van der Waals surface area (Å²) in [6, 6.07) is 82.5. The topological polar surface area (TPSA) is 13.0 Å². The van der Waals surface area contributed by atoms with Crippen molar-refractivity contribution >= 4 is 71.5 Å². The van der Waals surface area contributed by atoms with E-state index in [9.17, 15) is 0 Å². The van der Waals surface area contributed by atoms with E-state index in [4.69, 9.17) is 0 Å². The lowest BCUT2D eigenvalue weighted by Gasteiger charge is -2.57. The van der Waals surface area contributed by atoms with E-state index >= 15 is 0 Å². The highest BCUT2D eigenvalue weighted by Gasteiger charge is 2.56. The van der Waals surface area contributed by atoms with Crippen LogP contribution in [0.15, 0.2) is 224 Å². The maximum atomic E-state index is 2.66. The molecule has 0 amide bonds. The van der Waals surface area contributed by atoms with Crippen molar-refractivity contribution in [2.24, 2.45) is 0 Å². The third kappa shape index (κ3) is 6.51. The van der Waals surface area contributed by atoms with Gasteiger partial charge in [0.05, 0.1) is 0 Å². The minimum absolute atomic E-state index is 0.158. The molecule has 0 spiro atoms. The molecule has 2 heterocycles. The van der Waals surface area contributed by atoms with E-state index in [1.165, 1.54) is 38.9 Å². The minimum atomic E-state index is -0.226. The van der Waals surface area contributed by atoms with Gasteiger partial charge in [-0.2, -0.15) is 0 Å². The number of benzene rings is 8. The molecule has 8 aromatic carbocycles. The molecular formula is C54H49B3N4. The number of para-hydroxylation sites is 4. The quantitative estimate of drug-likeness (QED) is 0.149. The summed E-state index contributed by atoms with van der Waals surface area (Å²) in [5.74, 6) is 0. The van der Waals surface area contributed by atoms with E-state index in [0.717, 1.165) is 22.7 Å². The molecule has 1 fully saturated rings. The first kappa shape index (κ1) is 38.4. The van der Waals surface area contributed by atoms with Gasteiger partial charge < -0.3 is 19.1 Å². The Bertz CT molecular complexity index is 2600. The lowest BCUT2D eigenvalue weighted by atomic mass is 9.37. The summed E-state index contributed by atoms with van der Waals surface area (Å²) in [6.45, 7) is 8.99. The van der Waals surface area contributed by atoms with Gasteiger partial charge in [-0.3, -0.25) is 0 Å². The Morgan fingerprint density at radius 2 is 0.590 bits per heavy atom. The Labute approximate surface area is 363 Å². The Morgan fingerprint density at radius 1 is 0.295 bits per heavy atom. The van der Waals surface area contributed by atoms with Gasteiger partial charge in [-0.1, -0.05) is 198 Å². The normalized spacial score (nSPS) is 15.6. The Hall–Kier alpha value is -6.85. The maximum absolute atomic E-state index is 2.66. The van der Waals surface area contributed by atoms with Crippen molar-refractivity contribution in [1.82, 2.24) is 0 Å². The van der Waals surface area contributed by atoms with Crippen molar-refractivity contribution in [2.75, 3.05) is 19.1 Å². The first-order valence-electron chi connectivity index (χ1n) is 21.5. The van der Waals surface area contributed by atoms with Gasteiger partial charge in [0, 0.05) is 45.0 Å². The average molecular weight is 786 g/mol. The predicted octanol–water partition coefficient (Wildman–Crippen LogP) is 10.7. The summed E-state index contributed by atoms with van der Waals surface area (Å²) in [4.78, 5) is 2.51. The van der Waals surface area contributed by atoms with Crippen LogP contribution in [0.4, 0.5) is 34.1 Å². The molecule has 0 saturated carbocycles. The second-order valence-electron chi connectivity index (χ2n) is 17.4. The molecule has 2 aliphatic heterocycles. The first-order valence-corrected chi connectivity index (χ1v) is 21.5. The second kappa shape index (κ2) is 15.6. The predicted molar refractivity (Wildman–Crippen MR) is 263 cm³/mol. The van der Waals surface area contributed by atoms with Crippen LogP contribution in [-0.4, -0.2) is 20.9 Å². The first-order chi connectivity index (χ1) is 29.8. The SMILES string of the molecule is CC1(C)c2ccccc2N(c2cccc(N3B(c4ccccc4)N(c4ccccc4)B(c4ccccc4)N(c4ccccc4)B3c3ccccc3)c2)c2ccccc2C1(C)C. The molecule has 10 rings (SSSR count). The lowest BCUT2D eigenvalue weighted by Crippen LogP contribution is -2.86. The van der Waals surface area contributed by atoms with Crippen LogP contribution in [0.2, 0.25) is 0 Å². The monoisotopic (exact) mass is 786 g/mol. The van der Waals surface area contributed by atoms with E-state index in [1.54, 1.807) is 0 Å². The molecule has 0 unspecified atom stereocenters. The molecular weight excluding hydrogens is 737 g/mol. The van der Waals surface area contributed by atoms with Crippen LogP contribution in [0.1, 0.15) is 38.8 Å². The Kier molecular flexibility index (Phi) is 9.83. The van der Waals surface area contributed by atoms with Gasteiger partial charge >= 0.3 is 20.9 Å². The van der Waals surface area contributed by atoms with Crippen LogP contribution >= 0.6 is 0 Å². The number of anilines is 6. The molecule has 0 aromatic heterocycles. The highest BCUT2D eigenvalue weighted by Crippen LogP contribution is 2.55. The zero-order valence-electron chi connectivity index (χ0n) is 35.4. The van der Waals surface area contributed by atoms with E-state index in [-0.39, 0.29) is 31.8 Å². The van der Waals surface area contributed by atoms with Crippen LogP contribution in [0, 0.1) is 0 Å². The number of hydrogen-bond acceptors (Lipinski definition) is 4. The number of nitrogens with zero attached hydrogens (tertiary/aromatic N) is 4. The van der Waals surface area contributed by atoms with Crippen molar-refractivity contribution in [1.29, 1.82) is 0 Å². The van der Waals surface area contributed by atoms with Crippen molar-refractivity contribution in [2.45, 2.75) is 38.5 Å². The van der Waals surface area contributed by atoms with Gasteiger partial charge in [-0.15, -0.1) is 0 Å². The van der Waals surface area contributed by atoms with Crippen LogP contribution in [0.25, 0.3) is 0 Å². The minimum Gasteiger partial charge on any atom is -0.416 e. The highest BCUT2D eigenvalue weighted by atomic mass is 15.3. The van der Waals surface area contributed by atoms with Crippen molar-refractivity contribution < 1.29 is 0 Å². The van der Waals surface area contributed by atoms with Crippen molar-refractivity contribution in [3.05, 3.63) is 236 Å². The van der Waals surface area contributed by atoms with Gasteiger partial charge in [0.25, 0.3) is 0 Å². The summed E-state index contributed by atoms with van der Waals surface area (Å²) in [6.07, 6.45) is 0. The number of rotatable bonds is 7. The lowest BCUT2D eigenvalue weighted by molar-refractivity contribution is 0.307. The molecule has 4 nitrogen and oxygen atoms in total. The number of hydrogen-bond donors (Lipinski definition) is 0. The molecule has 0 atom stereocenters. The fraction of sp³-hybridized carbons (Fsp3) is 0.111. The summed E-state index contributed by atoms with van der Waals surface area (Å²) in [5, 5.41) is 0. The third-order valence-corrected chi connectivity index (χ3v) is 13.6. The summed E-state index contributed by atoms with van der Waals surface area (Å²) in [7, 11) is 0. The molecule has 61 heavy (non-hydrogen) atoms. The molecule has 0 bridgehead atoms. The largest absolute Gasteiger partial charge is 0.416 e. The zero-order chi connectivity index (χ0) is 41.6. The van der Waals surface area contributed by atoms with Crippen molar-refractivity contribution in [3.8, 4) is 0 Å². The molecule has 0 aliphatic carbocycles. The van der Waals surface area contributed by atoms with Gasteiger partial charge in [-0.05, 0) is 82.1 Å². The van der Waals surface area contributed by atoms with Crippen LogP contribution in [-0.2, 0) is 10.8 Å². The van der Waals surface area contributed by atoms with Gasteiger partial charge in [0.2, 0.25) is 0 Å². The van der Waals surface area contributed by atoms with Gasteiger partial charge in [0.1, 0.15) is 0 Å². The third-order valence-electron chi connectivity index (χ3n) is 13.6. The zero-order valence-corrected chi connectivity index (χ0v) is 35.4. The average Bonchev–Trinajstić information content (AvgIpc) is 3.37. The highest BCUT2D eigenvalue weighted by molar-refractivity contribution is 7.14. The molecule has 0 radical (unpaired) electrons. The van der Waals surface area contributed by atoms with Crippen LogP contribution < -0.4 is 35.5 Å². The molecule has 1 saturated heterocycles. The van der Waals surface area contributed by atoms with Crippen LogP contribution in [0.5, 0.6) is 0 Å². The second-order valence-corrected chi connectivity index (χ2v) is 17.4. The van der Waals surface area contributed by atoms with Gasteiger partial charge in [-0.25, -0.2) is 0 Å². The van der Waals surface area contributed by atoms with E-state index in [0.29, 0.717) is 0 Å². The van der Waals surface area contributed by atoms with E-state index in [2.05, 4.69) is 271 Å². The summed E-state index contributed by atoms with van der Waals surface area (Å²) in [5.41, 5.74) is 12.9. The maximum Gasteiger partial charge on any atom is 0.388 e. The molecule has 7 heteroatoms. The summed E-state index contributed by atoms with van der Waals surface area (Å²) < 4.78 is 7.92. The smallest absolute Gasteiger partial charge is 0.388 e. The Balaban J connectivity index is 1.28. The van der Waals surface area contributed by atoms with Crippen molar-refractivity contribution in [3.63, 3.8) is 0 Å². The standard InChI is InChI=1S/C54H49B3N4/c1-53(2)49-37-20-22-39-51(49)58(52-40-23-21-38-50(52)54(53,3)4)47-35-24-36-48(41-47)61-56(43-27-12-6-13-28-43)59(45-31-16-8-17-32-45)55(42-25-10-5-11-26-42)60(46-33-18-9-19-34-46)57(61)44-29-14-7-15-30-44/h5-41H,1-4H3. The molecule has 8 aromatic rings. The fourth-order valence-corrected chi connectivity index (χ4v) is 9.96. The molecule has 0 N–H and O–H groups in total. The Morgan fingerprint density at radius 3 is 0.984 bits per heavy atom. The number of fused-ring (bicyclic) bond motifs is 2. The van der Waals surface area contributed by atoms with E-state index in [1.807, 2.05) is 0 Å². The molecule has 294 valence electrons. The van der Waals surface area contributed by atoms with Gasteiger partial charge in [0.15, 0.2) is 0 Å². The molecule has 2 aliphatic rings. The fourth-order valence-electron chi connectivity index (χ4n) is 9.96.